The van der Waals surface area contributed by atoms with Gasteiger partial charge < -0.3 is 23.5 Å². The van der Waals surface area contributed by atoms with E-state index in [-0.39, 0.29) is 31.7 Å². The second-order valence-corrected chi connectivity index (χ2v) is 19.3. The number of sulfonamides is 1. The van der Waals surface area contributed by atoms with E-state index < -0.39 is 45.5 Å². The van der Waals surface area contributed by atoms with E-state index in [1.807, 2.05) is 158 Å². The number of unbranched alkanes of at least 4 members (excludes halogenated alkanes) is 1. The number of rotatable bonds is 19. The first kappa shape index (κ1) is 45.6. The lowest BCUT2D eigenvalue weighted by molar-refractivity contribution is -0.162. The number of ether oxygens (including phenoxy) is 3. The summed E-state index contributed by atoms with van der Waals surface area (Å²) in [5.74, 6) is 0.404. The van der Waals surface area contributed by atoms with Gasteiger partial charge in [-0.25, -0.2) is 13.2 Å². The first-order valence-corrected chi connectivity index (χ1v) is 22.0. The van der Waals surface area contributed by atoms with Crippen LogP contribution in [-0.4, -0.2) is 73.8 Å². The Balaban J connectivity index is 1.56. The van der Waals surface area contributed by atoms with Gasteiger partial charge in [0.05, 0.1) is 36.9 Å². The molecule has 1 atom stereocenters. The molecule has 0 saturated carbocycles. The molecule has 1 saturated heterocycles. The highest BCUT2D eigenvalue weighted by atomic mass is 32.2. The highest BCUT2D eigenvalue weighted by molar-refractivity contribution is 7.89. The van der Waals surface area contributed by atoms with Crippen LogP contribution in [0.4, 0.5) is 0 Å². The van der Waals surface area contributed by atoms with Crippen molar-refractivity contribution in [2.45, 2.75) is 116 Å². The van der Waals surface area contributed by atoms with Crippen LogP contribution < -0.4 is 9.47 Å². The zero-order valence-electron chi connectivity index (χ0n) is 36.2. The summed E-state index contributed by atoms with van der Waals surface area (Å²) in [6.45, 7) is 13.8. The Morgan fingerprint density at radius 1 is 0.695 bits per heavy atom. The van der Waals surface area contributed by atoms with Crippen molar-refractivity contribution in [2.24, 2.45) is 4.99 Å². The summed E-state index contributed by atoms with van der Waals surface area (Å²) in [6, 6.07) is 34.0. The highest BCUT2D eigenvalue weighted by Gasteiger charge is 2.51. The maximum absolute atomic E-state index is 14.9. The second kappa shape index (κ2) is 19.3. The third-order valence-electron chi connectivity index (χ3n) is 11.0. The van der Waals surface area contributed by atoms with Crippen LogP contribution in [0.2, 0.25) is 6.32 Å². The van der Waals surface area contributed by atoms with Crippen LogP contribution in [-0.2, 0) is 42.0 Å². The van der Waals surface area contributed by atoms with E-state index in [1.165, 1.54) is 4.31 Å². The van der Waals surface area contributed by atoms with E-state index in [0.29, 0.717) is 36.4 Å². The monoisotopic (exact) mass is 824 g/mol. The summed E-state index contributed by atoms with van der Waals surface area (Å²) in [5, 5.41) is 0. The van der Waals surface area contributed by atoms with Crippen molar-refractivity contribution in [3.05, 3.63) is 131 Å². The molecule has 1 heterocycles. The van der Waals surface area contributed by atoms with Gasteiger partial charge in [-0.05, 0) is 103 Å². The fourth-order valence-electron chi connectivity index (χ4n) is 6.92. The Hall–Kier alpha value is -4.49. The van der Waals surface area contributed by atoms with Gasteiger partial charge in [0, 0.05) is 24.2 Å². The van der Waals surface area contributed by atoms with Crippen molar-refractivity contribution < 1.29 is 36.7 Å². The quantitative estimate of drug-likeness (QED) is 0.0398. The molecule has 0 N–H and O–H groups in total. The molecule has 1 unspecified atom stereocenters. The summed E-state index contributed by atoms with van der Waals surface area (Å²) in [7, 11) is -1.27. The van der Waals surface area contributed by atoms with Crippen LogP contribution >= 0.6 is 0 Å². The lowest BCUT2D eigenvalue weighted by Crippen LogP contribution is -2.45. The minimum Gasteiger partial charge on any atom is -0.497 e. The third kappa shape index (κ3) is 12.3. The Labute approximate surface area is 352 Å². The average Bonchev–Trinajstić information content (AvgIpc) is 3.42. The standard InChI is InChI=1S/C47H61BN2O8S/c1-44(2,3)56-43(51)47(30-16-17-32-48-57-45(4,5)46(6,7)58-48,49-42(38-18-12-10-13-19-38)39-20-14-11-15-21-39)31-33-59(52,53)50(34-36-22-26-40(54-8)27-23-36)35-37-24-28-41(55-9)29-25-37/h10-15,18-29H,16-17,30-35H2,1-9H3. The van der Waals surface area contributed by atoms with Gasteiger partial charge in [-0.2, -0.15) is 4.31 Å². The van der Waals surface area contributed by atoms with E-state index in [9.17, 15) is 13.2 Å². The first-order chi connectivity index (χ1) is 27.9. The lowest BCUT2D eigenvalue weighted by atomic mass is 9.80. The summed E-state index contributed by atoms with van der Waals surface area (Å²) in [4.78, 5) is 20.3. The van der Waals surface area contributed by atoms with Crippen molar-refractivity contribution in [1.82, 2.24) is 4.31 Å². The minimum atomic E-state index is -4.04. The van der Waals surface area contributed by atoms with Crippen molar-refractivity contribution in [1.29, 1.82) is 0 Å². The van der Waals surface area contributed by atoms with Crippen LogP contribution in [0.5, 0.6) is 11.5 Å². The number of hydrogen-bond donors (Lipinski definition) is 0. The number of carbonyl (C=O) groups excluding carboxylic acids is 1. The Bertz CT molecular complexity index is 2000. The number of methoxy groups -OCH3 is 2. The summed E-state index contributed by atoms with van der Waals surface area (Å²) in [6.07, 6.45) is 1.89. The molecule has 1 aliphatic heterocycles. The summed E-state index contributed by atoms with van der Waals surface area (Å²) in [5.41, 5.74) is 0.362. The topological polar surface area (TPSA) is 113 Å². The lowest BCUT2D eigenvalue weighted by Gasteiger charge is -2.33. The van der Waals surface area contributed by atoms with Gasteiger partial charge in [-0.1, -0.05) is 97.8 Å². The molecule has 1 fully saturated rings. The SMILES string of the molecule is COc1ccc(CN(Cc2ccc(OC)cc2)S(=O)(=O)CCC(CCCCB2OC(C)(C)C(C)(C)O2)(N=C(c2ccccc2)c2ccccc2)C(=O)OC(C)(C)C)cc1. The van der Waals surface area contributed by atoms with Gasteiger partial charge in [-0.3, -0.25) is 4.99 Å². The molecule has 12 heteroatoms. The molecule has 1 aliphatic rings. The Morgan fingerprint density at radius 3 is 1.58 bits per heavy atom. The smallest absolute Gasteiger partial charge is 0.457 e. The van der Waals surface area contributed by atoms with Crippen LogP contribution in [0.15, 0.2) is 114 Å². The molecule has 4 aromatic carbocycles. The maximum Gasteiger partial charge on any atom is 0.457 e. The third-order valence-corrected chi connectivity index (χ3v) is 12.7. The average molecular weight is 825 g/mol. The van der Waals surface area contributed by atoms with Gasteiger partial charge >= 0.3 is 13.1 Å². The largest absolute Gasteiger partial charge is 0.497 e. The van der Waals surface area contributed by atoms with E-state index in [1.54, 1.807) is 14.2 Å². The van der Waals surface area contributed by atoms with Gasteiger partial charge in [-0.15, -0.1) is 0 Å². The van der Waals surface area contributed by atoms with E-state index >= 15 is 0 Å². The molecule has 10 nitrogen and oxygen atoms in total. The molecule has 0 aromatic heterocycles. The molecule has 0 spiro atoms. The van der Waals surface area contributed by atoms with Crippen molar-refractivity contribution in [2.75, 3.05) is 20.0 Å². The molecule has 316 valence electrons. The Kier molecular flexibility index (Phi) is 14.9. The molecular formula is C47H61BN2O8S. The van der Waals surface area contributed by atoms with Gasteiger partial charge in [0.1, 0.15) is 17.1 Å². The molecule has 0 amide bonds. The summed E-state index contributed by atoms with van der Waals surface area (Å²) >= 11 is 0. The van der Waals surface area contributed by atoms with Crippen LogP contribution in [0, 0.1) is 0 Å². The Morgan fingerprint density at radius 2 is 1.15 bits per heavy atom. The number of hydrogen-bond acceptors (Lipinski definition) is 9. The second-order valence-electron chi connectivity index (χ2n) is 17.2. The van der Waals surface area contributed by atoms with Crippen LogP contribution in [0.25, 0.3) is 0 Å². The predicted molar refractivity (Wildman–Crippen MR) is 235 cm³/mol. The normalized spacial score (nSPS) is 16.0. The molecule has 4 aromatic rings. The van der Waals surface area contributed by atoms with Gasteiger partial charge in [0.2, 0.25) is 10.0 Å². The van der Waals surface area contributed by atoms with E-state index in [4.69, 9.17) is 28.5 Å². The van der Waals surface area contributed by atoms with Crippen molar-refractivity contribution in [3.8, 4) is 11.5 Å². The number of benzene rings is 4. The maximum atomic E-state index is 14.9. The van der Waals surface area contributed by atoms with Crippen molar-refractivity contribution >= 4 is 28.8 Å². The molecular weight excluding hydrogens is 763 g/mol. The van der Waals surface area contributed by atoms with E-state index in [2.05, 4.69) is 0 Å². The van der Waals surface area contributed by atoms with Crippen LogP contribution in [0.1, 0.15) is 96.4 Å². The molecule has 0 aliphatic carbocycles. The predicted octanol–water partition coefficient (Wildman–Crippen LogP) is 9.31. The molecule has 0 bridgehead atoms. The summed E-state index contributed by atoms with van der Waals surface area (Å²) < 4.78 is 60.6. The zero-order chi connectivity index (χ0) is 42.9. The molecule has 59 heavy (non-hydrogen) atoms. The number of nitrogens with zero attached hydrogens (tertiary/aromatic N) is 2. The van der Waals surface area contributed by atoms with E-state index in [0.717, 1.165) is 22.3 Å². The van der Waals surface area contributed by atoms with Crippen LogP contribution in [0.3, 0.4) is 0 Å². The minimum absolute atomic E-state index is 0.106. The zero-order valence-corrected chi connectivity index (χ0v) is 37.0. The van der Waals surface area contributed by atoms with Gasteiger partial charge in [0.25, 0.3) is 0 Å². The van der Waals surface area contributed by atoms with Crippen molar-refractivity contribution in [3.63, 3.8) is 0 Å². The fourth-order valence-corrected chi connectivity index (χ4v) is 8.47. The number of esters is 1. The molecule has 5 rings (SSSR count). The van der Waals surface area contributed by atoms with Gasteiger partial charge in [0.15, 0.2) is 5.54 Å². The molecule has 0 radical (unpaired) electrons. The number of carbonyl (C=O) groups is 1. The first-order valence-electron chi connectivity index (χ1n) is 20.4. The number of aliphatic imine (C=N–C) groups is 1. The highest BCUT2D eigenvalue weighted by Crippen LogP contribution is 2.39. The fraction of sp³-hybridized carbons (Fsp3) is 0.447.